The molecule has 2 aromatic carbocycles. The lowest BCUT2D eigenvalue weighted by atomic mass is 9.97. The second-order valence-corrected chi connectivity index (χ2v) is 4.84. The smallest absolute Gasteiger partial charge is 0.129 e. The minimum absolute atomic E-state index is 0.204. The van der Waals surface area contributed by atoms with Crippen LogP contribution in [-0.4, -0.2) is 7.11 Å². The second kappa shape index (κ2) is 5.10. The van der Waals surface area contributed by atoms with Gasteiger partial charge in [-0.15, -0.1) is 0 Å². The molecule has 0 saturated heterocycles. The molecule has 0 radical (unpaired) electrons. The van der Waals surface area contributed by atoms with Gasteiger partial charge in [-0.1, -0.05) is 23.7 Å². The molecule has 0 fully saturated rings. The predicted octanol–water partition coefficient (Wildman–Crippen LogP) is 4.35. The summed E-state index contributed by atoms with van der Waals surface area (Å²) in [4.78, 5) is 0. The van der Waals surface area contributed by atoms with E-state index in [0.717, 1.165) is 16.7 Å². The van der Waals surface area contributed by atoms with Gasteiger partial charge in [0.05, 0.1) is 17.8 Å². The number of rotatable bonds is 2. The topological polar surface area (TPSA) is 35.2 Å². The van der Waals surface area contributed by atoms with Crippen molar-refractivity contribution >= 4 is 17.3 Å². The standard InChI is InChI=1S/C15H15ClFNO/c1-8-4-5-11(15(19-3)9(8)2)12-6-10(17)7-13(16)14(12)18/h4-7H,18H2,1-3H3. The van der Waals surface area contributed by atoms with E-state index in [0.29, 0.717) is 17.0 Å². The maximum atomic E-state index is 13.5. The van der Waals surface area contributed by atoms with E-state index in [4.69, 9.17) is 22.1 Å². The number of halogens is 2. The Morgan fingerprint density at radius 1 is 1.16 bits per heavy atom. The van der Waals surface area contributed by atoms with Crippen molar-refractivity contribution in [2.75, 3.05) is 12.8 Å². The molecule has 0 aliphatic heterocycles. The van der Waals surface area contributed by atoms with Gasteiger partial charge in [-0.05, 0) is 37.1 Å². The number of nitrogen functional groups attached to an aromatic ring is 1. The van der Waals surface area contributed by atoms with Gasteiger partial charge in [0.15, 0.2) is 0 Å². The molecule has 0 aromatic heterocycles. The van der Waals surface area contributed by atoms with Crippen molar-refractivity contribution in [3.63, 3.8) is 0 Å². The first kappa shape index (κ1) is 13.7. The highest BCUT2D eigenvalue weighted by molar-refractivity contribution is 6.33. The lowest BCUT2D eigenvalue weighted by molar-refractivity contribution is 0.413. The van der Waals surface area contributed by atoms with Gasteiger partial charge >= 0.3 is 0 Å². The molecule has 2 rings (SSSR count). The summed E-state index contributed by atoms with van der Waals surface area (Å²) in [7, 11) is 1.59. The third-order valence-corrected chi connectivity index (χ3v) is 3.58. The van der Waals surface area contributed by atoms with Crippen LogP contribution < -0.4 is 10.5 Å². The average Bonchev–Trinajstić information content (AvgIpc) is 2.37. The van der Waals surface area contributed by atoms with Crippen LogP contribution in [0.5, 0.6) is 5.75 Å². The fraction of sp³-hybridized carbons (Fsp3) is 0.200. The molecule has 0 bridgehead atoms. The Morgan fingerprint density at radius 3 is 2.47 bits per heavy atom. The van der Waals surface area contributed by atoms with Crippen LogP contribution in [0.1, 0.15) is 11.1 Å². The number of hydrogen-bond donors (Lipinski definition) is 1. The van der Waals surface area contributed by atoms with Crippen LogP contribution in [0.3, 0.4) is 0 Å². The van der Waals surface area contributed by atoms with Gasteiger partial charge in [-0.2, -0.15) is 0 Å². The minimum atomic E-state index is -0.422. The quantitative estimate of drug-likeness (QED) is 0.829. The van der Waals surface area contributed by atoms with E-state index >= 15 is 0 Å². The van der Waals surface area contributed by atoms with Crippen LogP contribution in [0.25, 0.3) is 11.1 Å². The molecular weight excluding hydrogens is 265 g/mol. The molecule has 0 saturated carbocycles. The lowest BCUT2D eigenvalue weighted by Gasteiger charge is -2.15. The van der Waals surface area contributed by atoms with Crippen molar-refractivity contribution < 1.29 is 9.13 Å². The number of anilines is 1. The largest absolute Gasteiger partial charge is 0.496 e. The van der Waals surface area contributed by atoms with Gasteiger partial charge in [0.2, 0.25) is 0 Å². The summed E-state index contributed by atoms with van der Waals surface area (Å²) in [6, 6.07) is 6.38. The van der Waals surface area contributed by atoms with Gasteiger partial charge in [0.25, 0.3) is 0 Å². The van der Waals surface area contributed by atoms with Gasteiger partial charge in [-0.25, -0.2) is 4.39 Å². The molecule has 0 atom stereocenters. The predicted molar refractivity (Wildman–Crippen MR) is 77.3 cm³/mol. The Kier molecular flexibility index (Phi) is 3.67. The maximum Gasteiger partial charge on any atom is 0.129 e. The molecule has 0 unspecified atom stereocenters. The Bertz CT molecular complexity index is 641. The molecule has 2 nitrogen and oxygen atoms in total. The molecule has 4 heteroatoms. The van der Waals surface area contributed by atoms with E-state index in [1.165, 1.54) is 12.1 Å². The van der Waals surface area contributed by atoms with Gasteiger partial charge < -0.3 is 10.5 Å². The van der Waals surface area contributed by atoms with Crippen molar-refractivity contribution in [1.29, 1.82) is 0 Å². The van der Waals surface area contributed by atoms with Crippen molar-refractivity contribution in [2.45, 2.75) is 13.8 Å². The van der Waals surface area contributed by atoms with Crippen molar-refractivity contribution in [2.24, 2.45) is 0 Å². The maximum absolute atomic E-state index is 13.5. The number of methoxy groups -OCH3 is 1. The van der Waals surface area contributed by atoms with Crippen LogP contribution in [0.2, 0.25) is 5.02 Å². The molecule has 0 aliphatic rings. The monoisotopic (exact) mass is 279 g/mol. The third-order valence-electron chi connectivity index (χ3n) is 3.27. The summed E-state index contributed by atoms with van der Waals surface area (Å²) in [5.74, 6) is 0.267. The Balaban J connectivity index is 2.76. The van der Waals surface area contributed by atoms with E-state index in [2.05, 4.69) is 0 Å². The van der Waals surface area contributed by atoms with Crippen molar-refractivity contribution in [3.8, 4) is 16.9 Å². The zero-order chi connectivity index (χ0) is 14.2. The molecule has 0 amide bonds. The average molecular weight is 280 g/mol. The highest BCUT2D eigenvalue weighted by atomic mass is 35.5. The van der Waals surface area contributed by atoms with E-state index in [1.54, 1.807) is 7.11 Å². The minimum Gasteiger partial charge on any atom is -0.496 e. The SMILES string of the molecule is COc1c(-c2cc(F)cc(Cl)c2N)ccc(C)c1C. The number of hydrogen-bond acceptors (Lipinski definition) is 2. The first-order chi connectivity index (χ1) is 8.95. The number of aryl methyl sites for hydroxylation is 1. The van der Waals surface area contributed by atoms with E-state index in [-0.39, 0.29) is 5.02 Å². The molecular formula is C15H15ClFNO. The third kappa shape index (κ3) is 2.38. The highest BCUT2D eigenvalue weighted by Gasteiger charge is 2.15. The summed E-state index contributed by atoms with van der Waals surface area (Å²) in [5.41, 5.74) is 9.68. The van der Waals surface area contributed by atoms with Crippen LogP contribution in [0, 0.1) is 19.7 Å². The first-order valence-corrected chi connectivity index (χ1v) is 6.22. The fourth-order valence-electron chi connectivity index (χ4n) is 2.07. The van der Waals surface area contributed by atoms with Crippen molar-refractivity contribution in [1.82, 2.24) is 0 Å². The second-order valence-electron chi connectivity index (χ2n) is 4.44. The van der Waals surface area contributed by atoms with E-state index in [9.17, 15) is 4.39 Å². The molecule has 0 aliphatic carbocycles. The zero-order valence-electron chi connectivity index (χ0n) is 11.1. The summed E-state index contributed by atoms with van der Waals surface area (Å²) < 4.78 is 19.0. The van der Waals surface area contributed by atoms with E-state index in [1.807, 2.05) is 26.0 Å². The Labute approximate surface area is 117 Å². The fourth-order valence-corrected chi connectivity index (χ4v) is 2.28. The zero-order valence-corrected chi connectivity index (χ0v) is 11.8. The van der Waals surface area contributed by atoms with Gasteiger partial charge in [0, 0.05) is 11.1 Å². The van der Waals surface area contributed by atoms with Gasteiger partial charge in [0.1, 0.15) is 11.6 Å². The molecule has 0 heterocycles. The lowest BCUT2D eigenvalue weighted by Crippen LogP contribution is -1.98. The Morgan fingerprint density at radius 2 is 1.84 bits per heavy atom. The normalized spacial score (nSPS) is 10.6. The molecule has 19 heavy (non-hydrogen) atoms. The number of benzene rings is 2. The summed E-state index contributed by atoms with van der Waals surface area (Å²) in [6.45, 7) is 3.94. The van der Waals surface area contributed by atoms with Crippen LogP contribution in [0.15, 0.2) is 24.3 Å². The van der Waals surface area contributed by atoms with E-state index < -0.39 is 5.82 Å². The molecule has 100 valence electrons. The molecule has 2 N–H and O–H groups in total. The van der Waals surface area contributed by atoms with Crippen molar-refractivity contribution in [3.05, 3.63) is 46.2 Å². The molecule has 2 aromatic rings. The first-order valence-electron chi connectivity index (χ1n) is 5.84. The van der Waals surface area contributed by atoms with Crippen LogP contribution >= 0.6 is 11.6 Å². The van der Waals surface area contributed by atoms with Gasteiger partial charge in [-0.3, -0.25) is 0 Å². The number of nitrogens with two attached hydrogens (primary N) is 1. The molecule has 0 spiro atoms. The summed E-state index contributed by atoms with van der Waals surface area (Å²) in [5, 5.41) is 0.204. The Hall–Kier alpha value is -1.74. The van der Waals surface area contributed by atoms with Crippen LogP contribution in [-0.2, 0) is 0 Å². The summed E-state index contributed by atoms with van der Waals surface area (Å²) in [6.07, 6.45) is 0. The van der Waals surface area contributed by atoms with Crippen LogP contribution in [0.4, 0.5) is 10.1 Å². The number of ether oxygens (including phenoxy) is 1. The summed E-state index contributed by atoms with van der Waals surface area (Å²) >= 11 is 5.93. The highest BCUT2D eigenvalue weighted by Crippen LogP contribution is 2.40.